The smallest absolute Gasteiger partial charge is 0.123 e. The van der Waals surface area contributed by atoms with Crippen molar-refractivity contribution >= 4 is 10.9 Å². The van der Waals surface area contributed by atoms with E-state index >= 15 is 0 Å². The number of aromatic nitrogens is 3. The second-order valence-electron chi connectivity index (χ2n) is 6.92. The summed E-state index contributed by atoms with van der Waals surface area (Å²) in [7, 11) is 1.64. The van der Waals surface area contributed by atoms with Crippen LogP contribution >= 0.6 is 0 Å². The highest BCUT2D eigenvalue weighted by Gasteiger charge is 2.15. The second-order valence-corrected chi connectivity index (χ2v) is 6.92. The zero-order valence-corrected chi connectivity index (χ0v) is 16.3. The fourth-order valence-electron chi connectivity index (χ4n) is 3.47. The van der Waals surface area contributed by atoms with Crippen LogP contribution in [0.25, 0.3) is 39.2 Å². The van der Waals surface area contributed by atoms with E-state index in [4.69, 9.17) is 14.8 Å². The molecule has 146 valence electrons. The molecule has 5 rings (SSSR count). The average Bonchev–Trinajstić information content (AvgIpc) is 3.25. The van der Waals surface area contributed by atoms with Gasteiger partial charge in [-0.25, -0.2) is 14.1 Å². The van der Waals surface area contributed by atoms with E-state index in [0.717, 1.165) is 45.0 Å². The van der Waals surface area contributed by atoms with Gasteiger partial charge in [0.1, 0.15) is 11.6 Å². The number of methoxy groups -OCH3 is 1. The Kier molecular flexibility index (Phi) is 4.48. The minimum Gasteiger partial charge on any atom is -0.497 e. The van der Waals surface area contributed by atoms with E-state index in [2.05, 4.69) is 0 Å². The van der Waals surface area contributed by atoms with Crippen LogP contribution in [0.3, 0.4) is 0 Å². The SMILES string of the molecule is COc1ccc(-n2nc(-c3ccccc3)cc2-c2ccc3cc(F)ccc3n2)cc1. The van der Waals surface area contributed by atoms with Crippen LogP contribution in [0.2, 0.25) is 0 Å². The van der Waals surface area contributed by atoms with Gasteiger partial charge >= 0.3 is 0 Å². The third-order valence-electron chi connectivity index (χ3n) is 5.01. The van der Waals surface area contributed by atoms with Gasteiger partial charge in [-0.3, -0.25) is 0 Å². The molecule has 0 bridgehead atoms. The van der Waals surface area contributed by atoms with Crippen molar-refractivity contribution in [3.05, 3.63) is 96.8 Å². The summed E-state index contributed by atoms with van der Waals surface area (Å²) in [6, 6.07) is 28.2. The zero-order chi connectivity index (χ0) is 20.5. The molecule has 0 fully saturated rings. The number of rotatable bonds is 4. The van der Waals surface area contributed by atoms with Crippen molar-refractivity contribution < 1.29 is 9.13 Å². The summed E-state index contributed by atoms with van der Waals surface area (Å²) >= 11 is 0. The number of ether oxygens (including phenoxy) is 1. The van der Waals surface area contributed by atoms with Crippen molar-refractivity contribution in [3.63, 3.8) is 0 Å². The molecule has 0 radical (unpaired) electrons. The first kappa shape index (κ1) is 18.1. The number of halogens is 1. The molecule has 2 aromatic heterocycles. The maximum Gasteiger partial charge on any atom is 0.123 e. The molecule has 0 aliphatic heterocycles. The monoisotopic (exact) mass is 395 g/mol. The molecule has 0 saturated heterocycles. The van der Waals surface area contributed by atoms with Gasteiger partial charge in [0.2, 0.25) is 0 Å². The lowest BCUT2D eigenvalue weighted by molar-refractivity contribution is 0.414. The number of benzene rings is 3. The average molecular weight is 395 g/mol. The number of pyridine rings is 1. The highest BCUT2D eigenvalue weighted by molar-refractivity contribution is 5.82. The zero-order valence-electron chi connectivity index (χ0n) is 16.3. The van der Waals surface area contributed by atoms with Gasteiger partial charge in [-0.2, -0.15) is 5.10 Å². The van der Waals surface area contributed by atoms with Crippen molar-refractivity contribution in [2.45, 2.75) is 0 Å². The number of fused-ring (bicyclic) bond motifs is 1. The summed E-state index contributed by atoms with van der Waals surface area (Å²) < 4.78 is 20.7. The molecule has 5 heteroatoms. The predicted molar refractivity (Wildman–Crippen MR) is 116 cm³/mol. The molecule has 0 atom stereocenters. The van der Waals surface area contributed by atoms with E-state index in [1.807, 2.05) is 77.5 Å². The molecule has 5 aromatic rings. The van der Waals surface area contributed by atoms with Gasteiger partial charge in [-0.15, -0.1) is 0 Å². The van der Waals surface area contributed by atoms with Crippen molar-refractivity contribution in [2.24, 2.45) is 0 Å². The standard InChI is InChI=1S/C25H18FN3O/c1-30-21-11-9-20(10-12-21)29-25(16-24(28-29)17-5-3-2-4-6-17)23-13-7-18-15-19(26)8-14-22(18)27-23/h2-16H,1H3. The van der Waals surface area contributed by atoms with Crippen molar-refractivity contribution in [3.8, 4) is 34.1 Å². The number of nitrogens with zero attached hydrogens (tertiary/aromatic N) is 3. The highest BCUT2D eigenvalue weighted by Crippen LogP contribution is 2.29. The largest absolute Gasteiger partial charge is 0.497 e. The molecule has 4 nitrogen and oxygen atoms in total. The van der Waals surface area contributed by atoms with Crippen molar-refractivity contribution in [1.82, 2.24) is 14.8 Å². The molecule has 0 aliphatic carbocycles. The van der Waals surface area contributed by atoms with Crippen LogP contribution in [-0.4, -0.2) is 21.9 Å². The highest BCUT2D eigenvalue weighted by atomic mass is 19.1. The van der Waals surface area contributed by atoms with Crippen LogP contribution in [0.1, 0.15) is 0 Å². The van der Waals surface area contributed by atoms with Gasteiger partial charge in [-0.1, -0.05) is 36.4 Å². The minimum absolute atomic E-state index is 0.272. The van der Waals surface area contributed by atoms with Gasteiger partial charge in [0.05, 0.1) is 35.4 Å². The molecule has 0 saturated carbocycles. The fraction of sp³-hybridized carbons (Fsp3) is 0.0400. The Morgan fingerprint density at radius 2 is 1.60 bits per heavy atom. The lowest BCUT2D eigenvalue weighted by Crippen LogP contribution is -2.00. The number of hydrogen-bond acceptors (Lipinski definition) is 3. The lowest BCUT2D eigenvalue weighted by atomic mass is 10.1. The summed E-state index contributed by atoms with van der Waals surface area (Å²) in [5.74, 6) is 0.508. The first-order valence-electron chi connectivity index (χ1n) is 9.58. The Bertz CT molecular complexity index is 1330. The Hall–Kier alpha value is -3.99. The van der Waals surface area contributed by atoms with Gasteiger partial charge < -0.3 is 4.74 Å². The van der Waals surface area contributed by atoms with Crippen molar-refractivity contribution in [1.29, 1.82) is 0 Å². The van der Waals surface area contributed by atoms with Crippen LogP contribution in [0.4, 0.5) is 4.39 Å². The van der Waals surface area contributed by atoms with E-state index in [-0.39, 0.29) is 5.82 Å². The number of hydrogen-bond donors (Lipinski definition) is 0. The maximum absolute atomic E-state index is 13.5. The summed E-state index contributed by atoms with van der Waals surface area (Å²) in [5.41, 5.74) is 5.12. The third-order valence-corrected chi connectivity index (χ3v) is 5.01. The molecule has 2 heterocycles. The Labute approximate surface area is 173 Å². The summed E-state index contributed by atoms with van der Waals surface area (Å²) in [4.78, 5) is 4.76. The molecule has 30 heavy (non-hydrogen) atoms. The van der Waals surface area contributed by atoms with E-state index in [1.54, 1.807) is 13.2 Å². The van der Waals surface area contributed by atoms with Crippen molar-refractivity contribution in [2.75, 3.05) is 7.11 Å². The predicted octanol–water partition coefficient (Wildman–Crippen LogP) is 5.90. The Morgan fingerprint density at radius 3 is 2.37 bits per heavy atom. The van der Waals surface area contributed by atoms with Crippen LogP contribution < -0.4 is 4.74 Å². The van der Waals surface area contributed by atoms with Crippen LogP contribution in [0.15, 0.2) is 91.0 Å². The van der Waals surface area contributed by atoms with Crippen LogP contribution in [-0.2, 0) is 0 Å². The van der Waals surface area contributed by atoms with Crippen LogP contribution in [0, 0.1) is 5.82 Å². The topological polar surface area (TPSA) is 39.9 Å². The molecule has 3 aromatic carbocycles. The van der Waals surface area contributed by atoms with Gasteiger partial charge in [0, 0.05) is 10.9 Å². The first-order chi connectivity index (χ1) is 14.7. The van der Waals surface area contributed by atoms with Gasteiger partial charge in [0.15, 0.2) is 0 Å². The molecular weight excluding hydrogens is 377 g/mol. The van der Waals surface area contributed by atoms with E-state index in [1.165, 1.54) is 12.1 Å². The molecule has 0 N–H and O–H groups in total. The van der Waals surface area contributed by atoms with E-state index in [9.17, 15) is 4.39 Å². The Balaban J connectivity index is 1.69. The van der Waals surface area contributed by atoms with Crippen LogP contribution in [0.5, 0.6) is 5.75 Å². The quantitative estimate of drug-likeness (QED) is 0.380. The molecule has 0 amide bonds. The molecular formula is C25H18FN3O. The summed E-state index contributed by atoms with van der Waals surface area (Å²) in [5, 5.41) is 5.61. The fourth-order valence-corrected chi connectivity index (χ4v) is 3.47. The minimum atomic E-state index is -0.272. The first-order valence-corrected chi connectivity index (χ1v) is 9.58. The normalized spacial score (nSPS) is 11.0. The molecule has 0 unspecified atom stereocenters. The summed E-state index contributed by atoms with van der Waals surface area (Å²) in [6.45, 7) is 0. The lowest BCUT2D eigenvalue weighted by Gasteiger charge is -2.09. The maximum atomic E-state index is 13.5. The summed E-state index contributed by atoms with van der Waals surface area (Å²) in [6.07, 6.45) is 0. The molecule has 0 spiro atoms. The second kappa shape index (κ2) is 7.44. The van der Waals surface area contributed by atoms with Gasteiger partial charge in [-0.05, 0) is 54.6 Å². The van der Waals surface area contributed by atoms with E-state index in [0.29, 0.717) is 0 Å². The third kappa shape index (κ3) is 3.31. The van der Waals surface area contributed by atoms with Gasteiger partial charge in [0.25, 0.3) is 0 Å². The Morgan fingerprint density at radius 1 is 0.800 bits per heavy atom. The van der Waals surface area contributed by atoms with E-state index < -0.39 is 0 Å². The molecule has 0 aliphatic rings.